The maximum atomic E-state index is 11.3. The van der Waals surface area contributed by atoms with E-state index in [-0.39, 0.29) is 5.96 Å². The number of aliphatic carboxylic acids is 1. The molecule has 0 aromatic heterocycles. The summed E-state index contributed by atoms with van der Waals surface area (Å²) in [7, 11) is 0. The molecular weight excluding hydrogens is 1520 g/mol. The molecule has 43 nitrogen and oxygen atoms in total. The van der Waals surface area contributed by atoms with Crippen LogP contribution < -0.4 is 22.1 Å². The lowest BCUT2D eigenvalue weighted by molar-refractivity contribution is -0.396. The van der Waals surface area contributed by atoms with E-state index in [1.165, 1.54) is 66.6 Å². The molecule has 36 atom stereocenters. The summed E-state index contributed by atoms with van der Waals surface area (Å²) in [6, 6.07) is 17.0. The van der Waals surface area contributed by atoms with Gasteiger partial charge in [0.1, 0.15) is 177 Å². The smallest absolute Gasteiger partial charge is 0.320 e. The van der Waals surface area contributed by atoms with E-state index in [4.69, 9.17) is 88.6 Å². The van der Waals surface area contributed by atoms with Crippen LogP contribution in [0.5, 0.6) is 0 Å². The van der Waals surface area contributed by atoms with Crippen LogP contribution in [-0.2, 0) is 71.1 Å². The Kier molecular flexibility index (Phi) is 31.0. The molecule has 25 aliphatic heterocycles. The van der Waals surface area contributed by atoms with Crippen molar-refractivity contribution in [1.29, 1.82) is 0 Å². The molecule has 0 unspecified atom stereocenters. The lowest BCUT2D eigenvalue weighted by atomic mass is 9.71. The van der Waals surface area contributed by atoms with Gasteiger partial charge in [-0.15, -0.1) is 0 Å². The first-order chi connectivity index (χ1) is 53.5. The van der Waals surface area contributed by atoms with Gasteiger partial charge in [-0.05, 0) is 81.4 Å². The van der Waals surface area contributed by atoms with E-state index in [9.17, 15) is 112 Å². The summed E-state index contributed by atoms with van der Waals surface area (Å²) in [5, 5.41) is 239. The van der Waals surface area contributed by atoms with Gasteiger partial charge < -0.3 is 206 Å². The number of benzene rings is 2. The second-order valence-corrected chi connectivity index (χ2v) is 30.3. The number of rotatable bonds is 14. The van der Waals surface area contributed by atoms with Crippen molar-refractivity contribution in [1.82, 2.24) is 4.90 Å². The summed E-state index contributed by atoms with van der Waals surface area (Å²) in [6.07, 6.45) is -65.2. The minimum absolute atomic E-state index is 0.0129. The molecule has 0 spiro atoms. The van der Waals surface area contributed by atoms with Crippen LogP contribution in [0.25, 0.3) is 0 Å². The number of guanidine groups is 1. The number of nitrogens with two attached hydrogens (primary N) is 3. The zero-order valence-corrected chi connectivity index (χ0v) is 61.2. The summed E-state index contributed by atoms with van der Waals surface area (Å²) >= 11 is 1.91. The Labute approximate surface area is 644 Å². The number of carboxylic acid groups (broad SMARTS) is 1. The molecule has 44 heteroatoms. The van der Waals surface area contributed by atoms with E-state index in [1.807, 2.05) is 11.8 Å². The molecule has 16 bridgehead atoms. The van der Waals surface area contributed by atoms with E-state index < -0.39 is 273 Å². The van der Waals surface area contributed by atoms with Gasteiger partial charge in [0.15, 0.2) is 50.0 Å². The average molecular weight is 1630 g/mol. The van der Waals surface area contributed by atoms with Crippen LogP contribution in [-0.4, -0.2) is 429 Å². The summed E-state index contributed by atoms with van der Waals surface area (Å²) in [6.45, 7) is -1.84. The third kappa shape index (κ3) is 19.3. The third-order valence-electron chi connectivity index (χ3n) is 22.0. The monoisotopic (exact) mass is 1630 g/mol. The van der Waals surface area contributed by atoms with Crippen molar-refractivity contribution >= 4 is 35.1 Å². The van der Waals surface area contributed by atoms with Gasteiger partial charge >= 0.3 is 5.97 Å². The number of para-hydroxylation sites is 2. The lowest BCUT2D eigenvalue weighted by Crippen LogP contribution is -2.68. The zero-order chi connectivity index (χ0) is 80.9. The second-order valence-electron chi connectivity index (χ2n) is 29.3. The number of ether oxygens (including phenoxy) is 14. The number of anilines is 2. The third-order valence-corrected chi connectivity index (χ3v) is 23.1. The van der Waals surface area contributed by atoms with Gasteiger partial charge in [0.2, 0.25) is 0 Å². The number of nitrogens with zero attached hydrogens (tertiary/aromatic N) is 3. The van der Waals surface area contributed by atoms with Crippen molar-refractivity contribution in [3.63, 3.8) is 0 Å². The summed E-state index contributed by atoms with van der Waals surface area (Å²) in [5.41, 5.74) is 18.6. The Bertz CT molecular complexity index is 2890. The molecule has 24 saturated heterocycles. The van der Waals surface area contributed by atoms with Crippen LogP contribution in [0.15, 0.2) is 63.3 Å². The Morgan fingerprint density at radius 3 is 0.866 bits per heavy atom. The van der Waals surface area contributed by atoms with E-state index in [0.29, 0.717) is 24.8 Å². The molecule has 0 amide bonds. The van der Waals surface area contributed by atoms with Crippen LogP contribution in [0, 0.1) is 5.41 Å². The van der Waals surface area contributed by atoms with Gasteiger partial charge in [-0.2, -0.15) is 0 Å². The molecule has 25 heterocycles. The fourth-order valence-electron chi connectivity index (χ4n) is 15.5. The topological polar surface area (TPSA) is 688 Å². The summed E-state index contributed by atoms with van der Waals surface area (Å²) in [5.74, 6) is -0.987. The Morgan fingerprint density at radius 1 is 0.402 bits per heavy atom. The van der Waals surface area contributed by atoms with Crippen molar-refractivity contribution in [2.45, 2.75) is 263 Å². The van der Waals surface area contributed by atoms with E-state index >= 15 is 0 Å². The van der Waals surface area contributed by atoms with Crippen molar-refractivity contribution < 1.29 is 183 Å². The van der Waals surface area contributed by atoms with E-state index in [2.05, 4.69) is 63.3 Å². The highest BCUT2D eigenvalue weighted by molar-refractivity contribution is 7.99. The van der Waals surface area contributed by atoms with Crippen LogP contribution in [0.2, 0.25) is 0 Å². The first-order valence-electron chi connectivity index (χ1n) is 36.9. The first-order valence-corrected chi connectivity index (χ1v) is 37.7. The number of carbonyl (C=O) groups is 1. The number of carboxylic acids is 1. The Morgan fingerprint density at radius 2 is 0.643 bits per heavy atom. The van der Waals surface area contributed by atoms with Crippen LogP contribution in [0.3, 0.4) is 0 Å². The molecule has 0 saturated carbocycles. The van der Waals surface area contributed by atoms with Gasteiger partial charge in [0.05, 0.1) is 57.6 Å². The number of piperidine rings is 3. The quantitative estimate of drug-likeness (QED) is 0.0474. The maximum Gasteiger partial charge on any atom is 0.320 e. The van der Waals surface area contributed by atoms with Gasteiger partial charge in [-0.25, -0.2) is 0 Å². The highest BCUT2D eigenvalue weighted by Crippen LogP contribution is 2.52. The van der Waals surface area contributed by atoms with E-state index in [0.717, 1.165) is 0 Å². The Balaban J connectivity index is 0.000000286. The molecule has 2 aromatic rings. The maximum absolute atomic E-state index is 11.3. The lowest BCUT2D eigenvalue weighted by Gasteiger charge is -2.51. The van der Waals surface area contributed by atoms with Crippen molar-refractivity contribution in [2.24, 2.45) is 27.6 Å². The fourth-order valence-corrected chi connectivity index (χ4v) is 16.6. The van der Waals surface area contributed by atoms with Crippen molar-refractivity contribution in [2.75, 3.05) is 83.9 Å². The standard InChI is InChI=1S/C42H70O35.C20H22N2S.C6H14N4O2/c43-1-8-29-15(50)22(57)36(64-8)72-30-9(2-44)66-38(24(59)17(30)52)74-32-11(4-46)68-40(26(61)19(32)54)76-34-13(6-48)70-42(28(63)21(34)56)77-35-14(7-49)69-41(27(62)20(35)55)75-33-12(5-47)67-39(25(60)18(33)53)73-31-10(3-45)65-37(71-29)23(58)16(31)51;1-3-7-18-16(5-1)22(17-6-2-4-8-19(17)23-18)15-20-9-12-21(13-10-20)14-11-20;7-4(5(11)12)2-1-3-10-6(8)9/h8-63H,1-7H2;1-8H,9-15H2;4H,1-3,7H2,(H,11,12)(H4,8,9,10)/t8-,9-,10-,11-,12-,13-,14-,15-,16-,17-,18-,19-,20-,21-,22-,23-,24-,25-,26-,27-,28-,29-,30-,31-,32-,33-,34-,35-,36-,37-,38-,39-,40-,41-,42-;;4-/m1.0/s1. The minimum atomic E-state index is -2.21. The first kappa shape index (κ1) is 88.7. The summed E-state index contributed by atoms with van der Waals surface area (Å²) in [4.78, 5) is 21.9. The van der Waals surface area contributed by atoms with Gasteiger partial charge in [0.25, 0.3) is 0 Å². The molecule has 112 heavy (non-hydrogen) atoms. The Hall–Kier alpha value is -4.15. The molecule has 25 aliphatic rings. The van der Waals surface area contributed by atoms with E-state index in [1.54, 1.807) is 0 Å². The largest absolute Gasteiger partial charge is 0.480 e. The molecule has 2 aromatic carbocycles. The highest BCUT2D eigenvalue weighted by atomic mass is 32.2. The summed E-state index contributed by atoms with van der Waals surface area (Å²) < 4.78 is 79.5. The zero-order valence-electron chi connectivity index (χ0n) is 60.4. The normalized spacial score (nSPS) is 45.2. The number of aliphatic imine (C=N–C) groups is 1. The predicted octanol–water partition coefficient (Wildman–Crippen LogP) is -12.0. The van der Waals surface area contributed by atoms with Gasteiger partial charge in [-0.3, -0.25) is 9.79 Å². The predicted molar refractivity (Wildman–Crippen MR) is 371 cm³/mol. The van der Waals surface area contributed by atoms with Crippen LogP contribution in [0.4, 0.5) is 11.4 Å². The molecule has 24 fully saturated rings. The average Bonchev–Trinajstić information content (AvgIpc) is 0.798. The second kappa shape index (κ2) is 39.2. The number of hydrogen-bond acceptors (Lipinski definition) is 41. The van der Waals surface area contributed by atoms with Crippen LogP contribution >= 0.6 is 11.8 Å². The van der Waals surface area contributed by atoms with Crippen LogP contribution in [0.1, 0.15) is 32.1 Å². The number of hydrogen-bond donors (Lipinski definition) is 25. The van der Waals surface area contributed by atoms with Gasteiger partial charge in [-0.1, -0.05) is 36.0 Å². The number of aliphatic hydroxyl groups excluding tert-OH is 21. The fraction of sp³-hybridized carbons (Fsp3) is 0.794. The number of aliphatic hydroxyl groups is 21. The molecule has 28 N–H and O–H groups in total. The molecule has 27 rings (SSSR count). The van der Waals surface area contributed by atoms with Gasteiger partial charge in [0, 0.05) is 22.9 Å². The highest BCUT2D eigenvalue weighted by Gasteiger charge is 2.60. The molecular formula is C68H106N6O37S. The van der Waals surface area contributed by atoms with Crippen molar-refractivity contribution in [3.05, 3.63) is 48.5 Å². The van der Waals surface area contributed by atoms with Crippen molar-refractivity contribution in [3.8, 4) is 0 Å². The SMILES string of the molecule is NC(N)=NCCC[C@H](N)C(=O)O.OC[C@H]1O[C@@H]2O[C@H]3[C@H](O)[C@@H](O)[C@@H](O[C@H]4[C@H](O)[C@@H](O)[C@@H](O[C@H]5[C@H](O)[C@@H](O)[C@@H](O[C@H]6[C@H](O)[C@@H](O)[C@@H](O[C@H]7[C@H](O)[C@@H](O)[C@@H](O[C@H]8[C@H](O)[C@@H](O)[C@@H](O[C@H]1[C@H](O)[C@H]2O)O[C@@H]8CO)O[C@@H]7CO)O[C@@H]6CO)O[C@@H]5CO)O[C@@H]4CO)O[C@@H]3CO.c1ccc2c(c1)Sc1ccccc1N2CC12CCN(CC1)CC2. The number of fused-ring (bicyclic) bond motifs is 5. The molecule has 0 aliphatic carbocycles. The molecule has 636 valence electrons. The molecule has 0 radical (unpaired) electrons. The minimum Gasteiger partial charge on any atom is -0.480 e.